The van der Waals surface area contributed by atoms with E-state index in [1.54, 1.807) is 0 Å². The van der Waals surface area contributed by atoms with Crippen molar-refractivity contribution in [2.75, 3.05) is 0 Å². The van der Waals surface area contributed by atoms with Crippen LogP contribution in [0.5, 0.6) is 0 Å². The fourth-order valence-electron chi connectivity index (χ4n) is 3.11. The minimum atomic E-state index is -0.803. The van der Waals surface area contributed by atoms with Gasteiger partial charge in [0.05, 0.1) is 0 Å². The highest BCUT2D eigenvalue weighted by atomic mass is 16.4. The van der Waals surface area contributed by atoms with Gasteiger partial charge in [-0.05, 0) is 46.9 Å². The van der Waals surface area contributed by atoms with Gasteiger partial charge in [0.25, 0.3) is 0 Å². The van der Waals surface area contributed by atoms with Crippen molar-refractivity contribution in [2.45, 2.75) is 46.5 Å². The molecule has 2 rings (SSSR count). The molecule has 0 spiro atoms. The van der Waals surface area contributed by atoms with E-state index in [2.05, 4.69) is 52.0 Å². The Hall–Kier alpha value is -2.09. The van der Waals surface area contributed by atoms with Crippen LogP contribution in [0.3, 0.4) is 0 Å². The van der Waals surface area contributed by atoms with Gasteiger partial charge in [0, 0.05) is 0 Å². The second kappa shape index (κ2) is 8.14. The molecule has 0 aromatic heterocycles. The summed E-state index contributed by atoms with van der Waals surface area (Å²) in [7, 11) is 0. The fraction of sp³-hybridized carbons (Fsp3) is 0.409. The highest BCUT2D eigenvalue weighted by molar-refractivity contribution is 5.80. The van der Waals surface area contributed by atoms with Crippen molar-refractivity contribution < 1.29 is 9.90 Å². The van der Waals surface area contributed by atoms with Crippen LogP contribution < -0.4 is 0 Å². The van der Waals surface area contributed by atoms with Gasteiger partial charge in [-0.3, -0.25) is 4.79 Å². The third-order valence-electron chi connectivity index (χ3n) is 4.16. The topological polar surface area (TPSA) is 37.3 Å². The maximum absolute atomic E-state index is 11.8. The number of carboxylic acid groups (broad SMARTS) is 1. The predicted molar refractivity (Wildman–Crippen MR) is 99.4 cm³/mol. The molecule has 1 N–H and O–H groups in total. The molecule has 0 atom stereocenters. The van der Waals surface area contributed by atoms with E-state index in [9.17, 15) is 9.90 Å². The Bertz CT molecular complexity index is 598. The van der Waals surface area contributed by atoms with Crippen LogP contribution in [0.2, 0.25) is 0 Å². The third-order valence-corrected chi connectivity index (χ3v) is 4.16. The van der Waals surface area contributed by atoms with Crippen molar-refractivity contribution in [1.29, 1.82) is 0 Å². The summed E-state index contributed by atoms with van der Waals surface area (Å²) in [5.74, 6) is -0.214. The molecule has 0 bridgehead atoms. The molecule has 0 fully saturated rings. The quantitative estimate of drug-likeness (QED) is 0.750. The van der Waals surface area contributed by atoms with Crippen LogP contribution in [0.25, 0.3) is 0 Å². The van der Waals surface area contributed by atoms with Crippen LogP contribution in [0.4, 0.5) is 0 Å². The number of carbonyl (C=O) groups is 1. The van der Waals surface area contributed by atoms with Crippen LogP contribution in [0.15, 0.2) is 48.5 Å². The van der Waals surface area contributed by atoms with Gasteiger partial charge in [-0.15, -0.1) is 0 Å². The van der Waals surface area contributed by atoms with Gasteiger partial charge in [-0.2, -0.15) is 0 Å². The monoisotopic (exact) mass is 324 g/mol. The maximum atomic E-state index is 11.8. The first-order chi connectivity index (χ1) is 11.4. The second-order valence-electron chi connectivity index (χ2n) is 7.45. The Morgan fingerprint density at radius 2 is 1.08 bits per heavy atom. The Morgan fingerprint density at radius 1 is 0.750 bits per heavy atom. The summed E-state index contributed by atoms with van der Waals surface area (Å²) < 4.78 is 0. The Morgan fingerprint density at radius 3 is 1.33 bits per heavy atom. The van der Waals surface area contributed by atoms with Crippen molar-refractivity contribution in [3.63, 3.8) is 0 Å². The highest BCUT2D eigenvalue weighted by Gasteiger charge is 2.22. The zero-order chi connectivity index (χ0) is 17.7. The van der Waals surface area contributed by atoms with Crippen molar-refractivity contribution in [3.8, 4) is 0 Å². The van der Waals surface area contributed by atoms with Gasteiger partial charge in [0.2, 0.25) is 0 Å². The molecule has 2 aromatic rings. The Balaban J connectivity index is 2.24. The van der Waals surface area contributed by atoms with Crippen molar-refractivity contribution in [3.05, 3.63) is 70.8 Å². The zero-order valence-corrected chi connectivity index (χ0v) is 15.1. The lowest BCUT2D eigenvalue weighted by Crippen LogP contribution is -2.13. The molecule has 24 heavy (non-hydrogen) atoms. The van der Waals surface area contributed by atoms with E-state index in [1.807, 2.05) is 24.3 Å². The molecule has 0 saturated heterocycles. The molecule has 128 valence electrons. The molecule has 0 aliphatic heterocycles. The molecule has 2 nitrogen and oxygen atoms in total. The van der Waals surface area contributed by atoms with E-state index < -0.39 is 11.9 Å². The van der Waals surface area contributed by atoms with Crippen molar-refractivity contribution in [2.24, 2.45) is 11.8 Å². The molecular formula is C22H28O2. The summed E-state index contributed by atoms with van der Waals surface area (Å²) in [6.45, 7) is 8.75. The summed E-state index contributed by atoms with van der Waals surface area (Å²) in [6, 6.07) is 16.0. The van der Waals surface area contributed by atoms with E-state index in [4.69, 9.17) is 0 Å². The second-order valence-corrected chi connectivity index (χ2v) is 7.45. The van der Waals surface area contributed by atoms with Crippen LogP contribution in [-0.2, 0) is 17.6 Å². The third kappa shape index (κ3) is 4.95. The molecule has 0 aliphatic carbocycles. The SMILES string of the molecule is CC(C)Cc1ccc(C(C(=O)O)c2ccc(CC(C)C)cc2)cc1. The summed E-state index contributed by atoms with van der Waals surface area (Å²) in [5.41, 5.74) is 4.19. The fourth-order valence-corrected chi connectivity index (χ4v) is 3.11. The van der Waals surface area contributed by atoms with Crippen molar-refractivity contribution in [1.82, 2.24) is 0 Å². The normalized spacial score (nSPS) is 11.5. The lowest BCUT2D eigenvalue weighted by Gasteiger charge is -2.15. The van der Waals surface area contributed by atoms with Gasteiger partial charge in [-0.25, -0.2) is 0 Å². The molecule has 2 heteroatoms. The van der Waals surface area contributed by atoms with Crippen LogP contribution in [0, 0.1) is 11.8 Å². The summed E-state index contributed by atoms with van der Waals surface area (Å²) in [6.07, 6.45) is 2.03. The summed E-state index contributed by atoms with van der Waals surface area (Å²) in [5, 5.41) is 9.71. The highest BCUT2D eigenvalue weighted by Crippen LogP contribution is 2.26. The first-order valence-corrected chi connectivity index (χ1v) is 8.77. The van der Waals surface area contributed by atoms with Crippen LogP contribution in [0.1, 0.15) is 55.9 Å². The van der Waals surface area contributed by atoms with E-state index >= 15 is 0 Å². The van der Waals surface area contributed by atoms with E-state index in [1.165, 1.54) is 11.1 Å². The number of carboxylic acids is 1. The molecule has 0 heterocycles. The van der Waals surface area contributed by atoms with E-state index in [0.717, 1.165) is 24.0 Å². The minimum Gasteiger partial charge on any atom is -0.481 e. The van der Waals surface area contributed by atoms with Gasteiger partial charge >= 0.3 is 5.97 Å². The predicted octanol–water partition coefficient (Wildman–Crippen LogP) is 5.30. The Kier molecular flexibility index (Phi) is 6.19. The number of aliphatic carboxylic acids is 1. The number of rotatable bonds is 7. The first-order valence-electron chi connectivity index (χ1n) is 8.77. The molecule has 0 amide bonds. The van der Waals surface area contributed by atoms with Gasteiger partial charge in [0.15, 0.2) is 0 Å². The lowest BCUT2D eigenvalue weighted by molar-refractivity contribution is -0.137. The smallest absolute Gasteiger partial charge is 0.315 e. The standard InChI is InChI=1S/C22H28O2/c1-15(2)13-17-5-9-19(10-6-17)21(22(23)24)20-11-7-18(8-12-20)14-16(3)4/h5-12,15-16,21H,13-14H2,1-4H3,(H,23,24). The van der Waals surface area contributed by atoms with E-state index in [0.29, 0.717) is 11.8 Å². The zero-order valence-electron chi connectivity index (χ0n) is 15.1. The van der Waals surface area contributed by atoms with E-state index in [-0.39, 0.29) is 0 Å². The average Bonchev–Trinajstić information content (AvgIpc) is 2.49. The number of hydrogen-bond acceptors (Lipinski definition) is 1. The molecular weight excluding hydrogens is 296 g/mol. The Labute approximate surface area is 145 Å². The maximum Gasteiger partial charge on any atom is 0.315 e. The number of hydrogen-bond donors (Lipinski definition) is 1. The van der Waals surface area contributed by atoms with Gasteiger partial charge < -0.3 is 5.11 Å². The minimum absolute atomic E-state index is 0.597. The summed E-state index contributed by atoms with van der Waals surface area (Å²) >= 11 is 0. The lowest BCUT2D eigenvalue weighted by atomic mass is 9.89. The van der Waals surface area contributed by atoms with Crippen LogP contribution in [-0.4, -0.2) is 11.1 Å². The molecule has 2 aromatic carbocycles. The molecule has 0 aliphatic rings. The van der Waals surface area contributed by atoms with Crippen LogP contribution >= 0.6 is 0 Å². The van der Waals surface area contributed by atoms with Gasteiger partial charge in [-0.1, -0.05) is 76.2 Å². The summed E-state index contributed by atoms with van der Waals surface area (Å²) in [4.78, 5) is 11.8. The van der Waals surface area contributed by atoms with Gasteiger partial charge in [0.1, 0.15) is 5.92 Å². The molecule has 0 radical (unpaired) electrons. The average molecular weight is 324 g/mol. The molecule has 0 unspecified atom stereocenters. The van der Waals surface area contributed by atoms with Crippen molar-refractivity contribution >= 4 is 5.97 Å². The first kappa shape index (κ1) is 18.3. The number of benzene rings is 2. The largest absolute Gasteiger partial charge is 0.481 e. The molecule has 0 saturated carbocycles.